The fraction of sp³-hybridized carbons (Fsp3) is 0.625. The molecule has 1 nitrogen and oxygen atoms in total. The molecule has 0 saturated heterocycles. The van der Waals surface area contributed by atoms with E-state index in [-0.39, 0.29) is 11.5 Å². The first-order valence-electron chi connectivity index (χ1n) is 6.63. The molecule has 1 atom stereocenters. The molecule has 17 heavy (non-hydrogen) atoms. The lowest BCUT2D eigenvalue weighted by molar-refractivity contribution is 0.0465. The van der Waals surface area contributed by atoms with Gasteiger partial charge < -0.3 is 5.11 Å². The predicted octanol–water partition coefficient (Wildman–Crippen LogP) is 4.35. The first-order valence-corrected chi connectivity index (χ1v) is 6.63. The molecule has 0 amide bonds. The maximum atomic E-state index is 10.4. The molecule has 0 saturated carbocycles. The zero-order chi connectivity index (χ0) is 13.1. The van der Waals surface area contributed by atoms with Crippen molar-refractivity contribution in [3.05, 3.63) is 35.4 Å². The Morgan fingerprint density at radius 3 is 2.41 bits per heavy atom. The second-order valence-electron chi connectivity index (χ2n) is 6.09. The Kier molecular flexibility index (Phi) is 4.76. The van der Waals surface area contributed by atoms with Crippen LogP contribution in [0.2, 0.25) is 0 Å². The van der Waals surface area contributed by atoms with Gasteiger partial charge in [-0.25, -0.2) is 0 Å². The van der Waals surface area contributed by atoms with Crippen molar-refractivity contribution in [1.82, 2.24) is 0 Å². The third-order valence-electron chi connectivity index (χ3n) is 3.56. The summed E-state index contributed by atoms with van der Waals surface area (Å²) in [5, 5.41) is 10.4. The lowest BCUT2D eigenvalue weighted by Gasteiger charge is -2.29. The van der Waals surface area contributed by atoms with Crippen LogP contribution >= 0.6 is 0 Å². The second-order valence-corrected chi connectivity index (χ2v) is 6.09. The largest absolute Gasteiger partial charge is 0.388 e. The maximum Gasteiger partial charge on any atom is 0.0840 e. The minimum Gasteiger partial charge on any atom is -0.388 e. The zero-order valence-electron chi connectivity index (χ0n) is 11.8. The fourth-order valence-corrected chi connectivity index (χ4v) is 2.01. The molecule has 0 aromatic heterocycles. The first kappa shape index (κ1) is 14.2. The van der Waals surface area contributed by atoms with Crippen LogP contribution in [0.1, 0.15) is 58.3 Å². The van der Waals surface area contributed by atoms with Crippen LogP contribution in [0.4, 0.5) is 0 Å². The Balaban J connectivity index is 2.91. The summed E-state index contributed by atoms with van der Waals surface area (Å²) in [6, 6.07) is 8.39. The first-order chi connectivity index (χ1) is 7.86. The van der Waals surface area contributed by atoms with Crippen molar-refractivity contribution in [2.24, 2.45) is 11.3 Å². The minimum atomic E-state index is -0.375. The summed E-state index contributed by atoms with van der Waals surface area (Å²) in [5.74, 6) is 0.654. The molecule has 0 bridgehead atoms. The molecule has 1 unspecified atom stereocenters. The predicted molar refractivity (Wildman–Crippen MR) is 74.0 cm³/mol. The molecule has 0 aliphatic rings. The molecule has 0 aliphatic heterocycles. The van der Waals surface area contributed by atoms with Crippen molar-refractivity contribution in [3.63, 3.8) is 0 Å². The number of rotatable bonds is 5. The van der Waals surface area contributed by atoms with E-state index in [9.17, 15) is 5.11 Å². The Labute approximate surface area is 106 Å². The van der Waals surface area contributed by atoms with E-state index >= 15 is 0 Å². The van der Waals surface area contributed by atoms with Crippen LogP contribution in [0.25, 0.3) is 0 Å². The molecule has 0 spiro atoms. The SMILES string of the molecule is CCC(C)(C)C(O)c1cccc(CC(C)C)c1. The summed E-state index contributed by atoms with van der Waals surface area (Å²) in [6.07, 6.45) is 1.68. The average molecular weight is 234 g/mol. The van der Waals surface area contributed by atoms with E-state index < -0.39 is 0 Å². The van der Waals surface area contributed by atoms with Gasteiger partial charge in [0.15, 0.2) is 0 Å². The molecule has 0 radical (unpaired) electrons. The van der Waals surface area contributed by atoms with Gasteiger partial charge in [0.25, 0.3) is 0 Å². The minimum absolute atomic E-state index is 0.0591. The number of aliphatic hydroxyl groups is 1. The van der Waals surface area contributed by atoms with Crippen LogP contribution in [0, 0.1) is 11.3 Å². The summed E-state index contributed by atoms with van der Waals surface area (Å²) in [4.78, 5) is 0. The van der Waals surface area contributed by atoms with E-state index in [1.54, 1.807) is 0 Å². The van der Waals surface area contributed by atoms with E-state index in [2.05, 4.69) is 52.8 Å². The number of hydrogen-bond donors (Lipinski definition) is 1. The summed E-state index contributed by atoms with van der Waals surface area (Å²) >= 11 is 0. The fourth-order valence-electron chi connectivity index (χ4n) is 2.01. The third-order valence-corrected chi connectivity index (χ3v) is 3.56. The molecular formula is C16H26O. The molecule has 0 heterocycles. The lowest BCUT2D eigenvalue weighted by atomic mass is 9.80. The molecule has 0 aliphatic carbocycles. The normalized spacial score (nSPS) is 14.1. The Morgan fingerprint density at radius 1 is 1.24 bits per heavy atom. The van der Waals surface area contributed by atoms with Gasteiger partial charge in [-0.05, 0) is 35.3 Å². The van der Waals surface area contributed by atoms with Crippen molar-refractivity contribution in [2.45, 2.75) is 53.6 Å². The number of benzene rings is 1. The monoisotopic (exact) mass is 234 g/mol. The van der Waals surface area contributed by atoms with Gasteiger partial charge in [-0.15, -0.1) is 0 Å². The van der Waals surface area contributed by atoms with Gasteiger partial charge in [0.1, 0.15) is 0 Å². The smallest absolute Gasteiger partial charge is 0.0840 e. The molecule has 1 rings (SSSR count). The van der Waals surface area contributed by atoms with Crippen LogP contribution in [0.15, 0.2) is 24.3 Å². The van der Waals surface area contributed by atoms with E-state index in [4.69, 9.17) is 0 Å². The van der Waals surface area contributed by atoms with Gasteiger partial charge in [0, 0.05) is 0 Å². The van der Waals surface area contributed by atoms with Gasteiger partial charge in [0.2, 0.25) is 0 Å². The van der Waals surface area contributed by atoms with Crippen LogP contribution in [-0.4, -0.2) is 5.11 Å². The Bertz CT molecular complexity index is 352. The molecule has 1 N–H and O–H groups in total. The van der Waals surface area contributed by atoms with Gasteiger partial charge in [-0.3, -0.25) is 0 Å². The summed E-state index contributed by atoms with van der Waals surface area (Å²) in [5.41, 5.74) is 2.31. The van der Waals surface area contributed by atoms with Gasteiger partial charge >= 0.3 is 0 Å². The zero-order valence-corrected chi connectivity index (χ0v) is 11.8. The Hall–Kier alpha value is -0.820. The van der Waals surface area contributed by atoms with Crippen molar-refractivity contribution in [3.8, 4) is 0 Å². The molecule has 1 heteroatoms. The average Bonchev–Trinajstić information content (AvgIpc) is 2.27. The van der Waals surface area contributed by atoms with E-state index in [1.807, 2.05) is 6.07 Å². The highest BCUT2D eigenvalue weighted by atomic mass is 16.3. The van der Waals surface area contributed by atoms with Gasteiger partial charge in [-0.2, -0.15) is 0 Å². The second kappa shape index (κ2) is 5.68. The van der Waals surface area contributed by atoms with E-state index in [0.29, 0.717) is 5.92 Å². The van der Waals surface area contributed by atoms with Crippen LogP contribution in [0.5, 0.6) is 0 Å². The number of aliphatic hydroxyl groups excluding tert-OH is 1. The van der Waals surface area contributed by atoms with Crippen molar-refractivity contribution in [1.29, 1.82) is 0 Å². The topological polar surface area (TPSA) is 20.2 Å². The van der Waals surface area contributed by atoms with Gasteiger partial charge in [-0.1, -0.05) is 58.9 Å². The summed E-state index contributed by atoms with van der Waals surface area (Å²) in [6.45, 7) is 10.8. The molecule has 1 aromatic rings. The van der Waals surface area contributed by atoms with Crippen molar-refractivity contribution < 1.29 is 5.11 Å². The lowest BCUT2D eigenvalue weighted by Crippen LogP contribution is -2.21. The molecule has 1 aromatic carbocycles. The molecule has 0 fully saturated rings. The van der Waals surface area contributed by atoms with E-state index in [1.165, 1.54) is 5.56 Å². The molecular weight excluding hydrogens is 208 g/mol. The van der Waals surface area contributed by atoms with Crippen molar-refractivity contribution in [2.75, 3.05) is 0 Å². The maximum absolute atomic E-state index is 10.4. The highest BCUT2D eigenvalue weighted by molar-refractivity contribution is 5.26. The molecule has 96 valence electrons. The number of hydrogen-bond acceptors (Lipinski definition) is 1. The van der Waals surface area contributed by atoms with Gasteiger partial charge in [0.05, 0.1) is 6.10 Å². The Morgan fingerprint density at radius 2 is 1.88 bits per heavy atom. The standard InChI is InChI=1S/C16H26O/c1-6-16(4,5)15(17)14-9-7-8-13(11-14)10-12(2)3/h7-9,11-12,15,17H,6,10H2,1-5H3. The summed E-state index contributed by atoms with van der Waals surface area (Å²) < 4.78 is 0. The van der Waals surface area contributed by atoms with E-state index in [0.717, 1.165) is 18.4 Å². The highest BCUT2D eigenvalue weighted by Gasteiger charge is 2.27. The highest BCUT2D eigenvalue weighted by Crippen LogP contribution is 2.36. The van der Waals surface area contributed by atoms with Crippen LogP contribution < -0.4 is 0 Å². The quantitative estimate of drug-likeness (QED) is 0.802. The third kappa shape index (κ3) is 3.85. The van der Waals surface area contributed by atoms with Crippen molar-refractivity contribution >= 4 is 0 Å². The van der Waals surface area contributed by atoms with Crippen LogP contribution in [0.3, 0.4) is 0 Å². The van der Waals surface area contributed by atoms with Crippen LogP contribution in [-0.2, 0) is 6.42 Å². The summed E-state index contributed by atoms with van der Waals surface area (Å²) in [7, 11) is 0.